The van der Waals surface area contributed by atoms with Gasteiger partial charge in [-0.15, -0.1) is 0 Å². The van der Waals surface area contributed by atoms with Gasteiger partial charge in [-0.1, -0.05) is 0 Å². The molecule has 6 heteroatoms. The average molecular weight is 391 g/mol. The van der Waals surface area contributed by atoms with Crippen LogP contribution in [0.3, 0.4) is 0 Å². The summed E-state index contributed by atoms with van der Waals surface area (Å²) in [5, 5.41) is 7.80. The molecular formula is C13H17Br2N3O. The van der Waals surface area contributed by atoms with Gasteiger partial charge in [0.1, 0.15) is 5.76 Å². The summed E-state index contributed by atoms with van der Waals surface area (Å²) in [4.78, 5) is 0. The maximum Gasteiger partial charge on any atom is 0.183 e. The van der Waals surface area contributed by atoms with Crippen molar-refractivity contribution in [3.8, 4) is 0 Å². The van der Waals surface area contributed by atoms with Crippen molar-refractivity contribution in [3.05, 3.63) is 38.4 Å². The molecule has 0 spiro atoms. The molecule has 0 unspecified atom stereocenters. The molecule has 104 valence electrons. The van der Waals surface area contributed by atoms with Crippen LogP contribution < -0.4 is 5.32 Å². The lowest BCUT2D eigenvalue weighted by Gasteiger charge is -2.05. The minimum Gasteiger partial charge on any atom is -0.452 e. The Hall–Kier alpha value is -0.590. The normalized spacial score (nSPS) is 11.2. The second kappa shape index (κ2) is 6.72. The standard InChI is InChI=1S/C13H17Br2N3O/c1-9-6-10(2)18(17-9)5-3-4-16-8-11-7-12(14)13(15)19-11/h6-7,16H,3-5,8H2,1-2H3. The van der Waals surface area contributed by atoms with E-state index in [1.807, 2.05) is 13.0 Å². The lowest BCUT2D eigenvalue weighted by molar-refractivity contribution is 0.455. The SMILES string of the molecule is Cc1cc(C)n(CCCNCc2cc(Br)c(Br)o2)n1. The van der Waals surface area contributed by atoms with Crippen LogP contribution in [-0.2, 0) is 13.1 Å². The van der Waals surface area contributed by atoms with E-state index in [9.17, 15) is 0 Å². The van der Waals surface area contributed by atoms with E-state index in [0.29, 0.717) is 0 Å². The van der Waals surface area contributed by atoms with E-state index in [-0.39, 0.29) is 0 Å². The minimum absolute atomic E-state index is 0.737. The molecule has 2 heterocycles. The number of hydrogen-bond donors (Lipinski definition) is 1. The van der Waals surface area contributed by atoms with Gasteiger partial charge < -0.3 is 9.73 Å². The molecule has 19 heavy (non-hydrogen) atoms. The van der Waals surface area contributed by atoms with Gasteiger partial charge in [-0.2, -0.15) is 5.10 Å². The predicted molar refractivity (Wildman–Crippen MR) is 82.1 cm³/mol. The van der Waals surface area contributed by atoms with Gasteiger partial charge in [-0.3, -0.25) is 4.68 Å². The maximum absolute atomic E-state index is 5.49. The van der Waals surface area contributed by atoms with Gasteiger partial charge in [-0.25, -0.2) is 0 Å². The van der Waals surface area contributed by atoms with Crippen LogP contribution in [0.2, 0.25) is 0 Å². The van der Waals surface area contributed by atoms with Crippen LogP contribution in [0.25, 0.3) is 0 Å². The van der Waals surface area contributed by atoms with Gasteiger partial charge in [-0.05, 0) is 70.8 Å². The van der Waals surface area contributed by atoms with Gasteiger partial charge >= 0.3 is 0 Å². The van der Waals surface area contributed by atoms with Crippen LogP contribution in [0.4, 0.5) is 0 Å². The summed E-state index contributed by atoms with van der Waals surface area (Å²) >= 11 is 6.73. The first kappa shape index (κ1) is 14.8. The lowest BCUT2D eigenvalue weighted by Crippen LogP contribution is -2.16. The molecular weight excluding hydrogens is 374 g/mol. The molecule has 4 nitrogen and oxygen atoms in total. The molecule has 0 aromatic carbocycles. The lowest BCUT2D eigenvalue weighted by atomic mass is 10.3. The Morgan fingerprint density at radius 3 is 2.68 bits per heavy atom. The summed E-state index contributed by atoms with van der Waals surface area (Å²) < 4.78 is 9.24. The number of furan rings is 1. The summed E-state index contributed by atoms with van der Waals surface area (Å²) in [5.41, 5.74) is 2.30. The quantitative estimate of drug-likeness (QED) is 0.763. The van der Waals surface area contributed by atoms with Crippen LogP contribution in [0.1, 0.15) is 23.6 Å². The molecule has 0 saturated heterocycles. The largest absolute Gasteiger partial charge is 0.452 e. The fraction of sp³-hybridized carbons (Fsp3) is 0.462. The van der Waals surface area contributed by atoms with Crippen LogP contribution in [0.15, 0.2) is 25.7 Å². The van der Waals surface area contributed by atoms with Crippen molar-refractivity contribution in [1.82, 2.24) is 15.1 Å². The van der Waals surface area contributed by atoms with E-state index < -0.39 is 0 Å². The number of aromatic nitrogens is 2. The third-order valence-corrected chi connectivity index (χ3v) is 4.53. The second-order valence-electron chi connectivity index (χ2n) is 4.51. The Balaban J connectivity index is 1.68. The zero-order valence-electron chi connectivity index (χ0n) is 11.0. The molecule has 0 radical (unpaired) electrons. The second-order valence-corrected chi connectivity index (χ2v) is 6.09. The van der Waals surface area contributed by atoms with Crippen molar-refractivity contribution in [2.24, 2.45) is 0 Å². The Labute approximate surface area is 129 Å². The molecule has 0 bridgehead atoms. The molecule has 0 fully saturated rings. The van der Waals surface area contributed by atoms with Crippen molar-refractivity contribution in [3.63, 3.8) is 0 Å². The van der Waals surface area contributed by atoms with E-state index in [4.69, 9.17) is 4.42 Å². The van der Waals surface area contributed by atoms with Crippen molar-refractivity contribution < 1.29 is 4.42 Å². The van der Waals surface area contributed by atoms with Crippen LogP contribution in [0.5, 0.6) is 0 Å². The van der Waals surface area contributed by atoms with E-state index in [2.05, 4.69) is 59.9 Å². The highest BCUT2D eigenvalue weighted by Gasteiger charge is 2.05. The Bertz CT molecular complexity index is 529. The van der Waals surface area contributed by atoms with E-state index in [1.165, 1.54) is 5.69 Å². The van der Waals surface area contributed by atoms with E-state index in [0.717, 1.165) is 46.7 Å². The summed E-state index contributed by atoms with van der Waals surface area (Å²) in [5.74, 6) is 0.921. The molecule has 2 aromatic heterocycles. The first-order valence-corrected chi connectivity index (χ1v) is 7.80. The zero-order valence-corrected chi connectivity index (χ0v) is 14.2. The topological polar surface area (TPSA) is 43.0 Å². The maximum atomic E-state index is 5.49. The van der Waals surface area contributed by atoms with Crippen molar-refractivity contribution in [2.75, 3.05) is 6.54 Å². The third kappa shape index (κ3) is 4.19. The van der Waals surface area contributed by atoms with Crippen molar-refractivity contribution >= 4 is 31.9 Å². The third-order valence-electron chi connectivity index (χ3n) is 2.82. The summed E-state index contributed by atoms with van der Waals surface area (Å²) in [6.07, 6.45) is 1.05. The highest BCUT2D eigenvalue weighted by atomic mass is 79.9. The first-order valence-electron chi connectivity index (χ1n) is 6.22. The van der Waals surface area contributed by atoms with Gasteiger partial charge in [0.2, 0.25) is 0 Å². The average Bonchev–Trinajstić information content (AvgIpc) is 2.82. The number of halogens is 2. The zero-order chi connectivity index (χ0) is 13.8. The molecule has 0 aliphatic rings. The van der Waals surface area contributed by atoms with Gasteiger partial charge in [0.05, 0.1) is 16.7 Å². The minimum atomic E-state index is 0.737. The Morgan fingerprint density at radius 2 is 2.11 bits per heavy atom. The van der Waals surface area contributed by atoms with E-state index >= 15 is 0 Å². The Morgan fingerprint density at radius 1 is 1.32 bits per heavy atom. The highest BCUT2D eigenvalue weighted by molar-refractivity contribution is 9.13. The molecule has 0 saturated carbocycles. The van der Waals surface area contributed by atoms with E-state index in [1.54, 1.807) is 0 Å². The number of rotatable bonds is 6. The number of nitrogens with zero attached hydrogens (tertiary/aromatic N) is 2. The fourth-order valence-corrected chi connectivity index (χ4v) is 2.60. The fourth-order valence-electron chi connectivity index (χ4n) is 1.95. The monoisotopic (exact) mass is 389 g/mol. The van der Waals surface area contributed by atoms with Gasteiger partial charge in [0, 0.05) is 12.2 Å². The van der Waals surface area contributed by atoms with Crippen LogP contribution in [0, 0.1) is 13.8 Å². The molecule has 2 aromatic rings. The van der Waals surface area contributed by atoms with Crippen LogP contribution in [-0.4, -0.2) is 16.3 Å². The smallest absolute Gasteiger partial charge is 0.183 e. The number of aryl methyl sites for hydroxylation is 3. The molecule has 0 aliphatic heterocycles. The molecule has 0 atom stereocenters. The molecule has 2 rings (SSSR count). The summed E-state index contributed by atoms with van der Waals surface area (Å²) in [6, 6.07) is 4.07. The molecule has 0 amide bonds. The number of nitrogens with one attached hydrogen (secondary N) is 1. The van der Waals surface area contributed by atoms with Crippen LogP contribution >= 0.6 is 31.9 Å². The van der Waals surface area contributed by atoms with Gasteiger partial charge in [0.25, 0.3) is 0 Å². The predicted octanol–water partition coefficient (Wildman–Crippen LogP) is 3.80. The Kier molecular flexibility index (Phi) is 5.24. The summed E-state index contributed by atoms with van der Waals surface area (Å²) in [6.45, 7) is 6.73. The van der Waals surface area contributed by atoms with Crippen molar-refractivity contribution in [1.29, 1.82) is 0 Å². The molecule has 1 N–H and O–H groups in total. The van der Waals surface area contributed by atoms with Crippen molar-refractivity contribution in [2.45, 2.75) is 33.4 Å². The number of hydrogen-bond acceptors (Lipinski definition) is 3. The first-order chi connectivity index (χ1) is 9.06. The summed E-state index contributed by atoms with van der Waals surface area (Å²) in [7, 11) is 0. The molecule has 0 aliphatic carbocycles. The highest BCUT2D eigenvalue weighted by Crippen LogP contribution is 2.26. The van der Waals surface area contributed by atoms with Gasteiger partial charge in [0.15, 0.2) is 4.67 Å².